The van der Waals surface area contributed by atoms with E-state index in [-0.39, 0.29) is 11.2 Å². The van der Waals surface area contributed by atoms with Gasteiger partial charge in [0.15, 0.2) is 11.5 Å². The van der Waals surface area contributed by atoms with E-state index < -0.39 is 0 Å². The number of benzene rings is 1. The Morgan fingerprint density at radius 1 is 1.18 bits per heavy atom. The van der Waals surface area contributed by atoms with Crippen LogP contribution in [-0.2, 0) is 5.41 Å². The van der Waals surface area contributed by atoms with Gasteiger partial charge in [0.05, 0.1) is 0 Å². The number of ether oxygens (including phenoxy) is 2. The quantitative estimate of drug-likeness (QED) is 0.816. The van der Waals surface area contributed by atoms with E-state index in [1.165, 1.54) is 6.42 Å². The lowest BCUT2D eigenvalue weighted by atomic mass is 9.64. The molecule has 0 saturated heterocycles. The van der Waals surface area contributed by atoms with Crippen molar-refractivity contribution in [3.8, 4) is 17.2 Å². The number of rotatable bonds is 2. The number of phenols is 1. The van der Waals surface area contributed by atoms with Crippen molar-refractivity contribution >= 4 is 0 Å². The van der Waals surface area contributed by atoms with Crippen LogP contribution >= 0.6 is 0 Å². The molecular formula is C13H17NO3. The molecule has 17 heavy (non-hydrogen) atoms. The summed E-state index contributed by atoms with van der Waals surface area (Å²) < 4.78 is 11.0. The molecule has 1 aromatic rings. The maximum atomic E-state index is 10.1. The van der Waals surface area contributed by atoms with E-state index in [2.05, 4.69) is 0 Å². The van der Waals surface area contributed by atoms with Crippen LogP contribution in [0.2, 0.25) is 0 Å². The normalized spacial score (nSPS) is 20.8. The molecule has 1 aliphatic carbocycles. The second-order valence-corrected chi connectivity index (χ2v) is 4.85. The molecule has 1 saturated carbocycles. The number of nitrogens with two attached hydrogens (primary N) is 1. The van der Waals surface area contributed by atoms with Crippen LogP contribution in [-0.4, -0.2) is 24.9 Å². The van der Waals surface area contributed by atoms with Gasteiger partial charge in [-0.05, 0) is 18.9 Å². The lowest BCUT2D eigenvalue weighted by Gasteiger charge is -2.42. The zero-order chi connectivity index (χ0) is 11.9. The molecule has 0 bridgehead atoms. The Hall–Kier alpha value is -1.42. The first-order valence-electron chi connectivity index (χ1n) is 6.08. The fourth-order valence-electron chi connectivity index (χ4n) is 2.69. The highest BCUT2D eigenvalue weighted by atomic mass is 16.6. The molecule has 0 atom stereocenters. The number of phenolic OH excluding ortho intramolecular Hbond substituents is 1. The Kier molecular flexibility index (Phi) is 2.40. The predicted octanol–water partition coefficient (Wildman–Crippen LogP) is 1.54. The summed E-state index contributed by atoms with van der Waals surface area (Å²) in [4.78, 5) is 0. The van der Waals surface area contributed by atoms with Crippen molar-refractivity contribution in [1.29, 1.82) is 0 Å². The molecule has 0 aromatic heterocycles. The number of hydrogen-bond donors (Lipinski definition) is 2. The Morgan fingerprint density at radius 3 is 2.35 bits per heavy atom. The Labute approximate surface area is 100 Å². The smallest absolute Gasteiger partial charge is 0.165 e. The maximum Gasteiger partial charge on any atom is 0.165 e. The minimum absolute atomic E-state index is 0.0556. The van der Waals surface area contributed by atoms with Crippen molar-refractivity contribution in [2.45, 2.75) is 24.7 Å². The van der Waals surface area contributed by atoms with E-state index in [0.29, 0.717) is 25.5 Å². The van der Waals surface area contributed by atoms with Crippen molar-refractivity contribution in [1.82, 2.24) is 0 Å². The van der Waals surface area contributed by atoms with Crippen LogP contribution in [0.15, 0.2) is 12.1 Å². The molecule has 1 fully saturated rings. The van der Waals surface area contributed by atoms with Crippen LogP contribution in [0.1, 0.15) is 24.8 Å². The zero-order valence-electron chi connectivity index (χ0n) is 9.74. The van der Waals surface area contributed by atoms with Gasteiger partial charge in [0.25, 0.3) is 0 Å². The lowest BCUT2D eigenvalue weighted by molar-refractivity contribution is 0.168. The highest BCUT2D eigenvalue weighted by Gasteiger charge is 2.40. The summed E-state index contributed by atoms with van der Waals surface area (Å²) in [5, 5.41) is 10.1. The predicted molar refractivity (Wildman–Crippen MR) is 63.7 cm³/mol. The molecule has 2 aliphatic rings. The molecule has 0 radical (unpaired) electrons. The Balaban J connectivity index is 2.05. The van der Waals surface area contributed by atoms with E-state index in [1.54, 1.807) is 6.07 Å². The molecule has 3 rings (SSSR count). The van der Waals surface area contributed by atoms with Gasteiger partial charge in [-0.3, -0.25) is 0 Å². The third-order valence-electron chi connectivity index (χ3n) is 3.93. The van der Waals surface area contributed by atoms with Gasteiger partial charge in [-0.2, -0.15) is 0 Å². The molecule has 3 N–H and O–H groups in total. The summed E-state index contributed by atoms with van der Waals surface area (Å²) in [5.74, 6) is 1.63. The molecule has 0 unspecified atom stereocenters. The fraction of sp³-hybridized carbons (Fsp3) is 0.538. The summed E-state index contributed by atoms with van der Waals surface area (Å²) in [5.41, 5.74) is 6.72. The van der Waals surface area contributed by atoms with Crippen LogP contribution in [0.4, 0.5) is 0 Å². The van der Waals surface area contributed by atoms with Crippen molar-refractivity contribution < 1.29 is 14.6 Å². The third kappa shape index (κ3) is 1.55. The first-order chi connectivity index (χ1) is 8.25. The average Bonchev–Trinajstić information content (AvgIpc) is 2.29. The maximum absolute atomic E-state index is 10.1. The molecular weight excluding hydrogens is 218 g/mol. The van der Waals surface area contributed by atoms with E-state index >= 15 is 0 Å². The second-order valence-electron chi connectivity index (χ2n) is 4.85. The standard InChI is InChI=1S/C13H17NO3/c14-8-13(2-1-3-13)9-6-11-12(7-10(9)15)17-5-4-16-11/h6-7,15H,1-5,8,14H2. The van der Waals surface area contributed by atoms with E-state index in [1.807, 2.05) is 6.07 Å². The van der Waals surface area contributed by atoms with Gasteiger partial charge in [0.1, 0.15) is 19.0 Å². The third-order valence-corrected chi connectivity index (χ3v) is 3.93. The fourth-order valence-corrected chi connectivity index (χ4v) is 2.69. The Bertz CT molecular complexity index is 435. The van der Waals surface area contributed by atoms with Gasteiger partial charge in [0, 0.05) is 23.6 Å². The van der Waals surface area contributed by atoms with Gasteiger partial charge >= 0.3 is 0 Å². The van der Waals surface area contributed by atoms with Gasteiger partial charge in [-0.25, -0.2) is 0 Å². The SMILES string of the molecule is NCC1(c2cc3c(cc2O)OCCO3)CCC1. The van der Waals surface area contributed by atoms with Crippen LogP contribution in [0.3, 0.4) is 0 Å². The molecule has 1 aliphatic heterocycles. The molecule has 4 heteroatoms. The minimum Gasteiger partial charge on any atom is -0.508 e. The molecule has 0 spiro atoms. The van der Waals surface area contributed by atoms with Crippen LogP contribution < -0.4 is 15.2 Å². The first-order valence-corrected chi connectivity index (χ1v) is 6.08. The Morgan fingerprint density at radius 2 is 1.82 bits per heavy atom. The van der Waals surface area contributed by atoms with Gasteiger partial charge in [0.2, 0.25) is 0 Å². The van der Waals surface area contributed by atoms with Crippen molar-refractivity contribution in [3.63, 3.8) is 0 Å². The van der Waals surface area contributed by atoms with Gasteiger partial charge < -0.3 is 20.3 Å². The summed E-state index contributed by atoms with van der Waals surface area (Å²) >= 11 is 0. The molecule has 4 nitrogen and oxygen atoms in total. The van der Waals surface area contributed by atoms with Crippen molar-refractivity contribution in [2.24, 2.45) is 5.73 Å². The van der Waals surface area contributed by atoms with E-state index in [4.69, 9.17) is 15.2 Å². The molecule has 0 amide bonds. The van der Waals surface area contributed by atoms with Gasteiger partial charge in [-0.1, -0.05) is 6.42 Å². The van der Waals surface area contributed by atoms with E-state index in [9.17, 15) is 5.11 Å². The molecule has 1 heterocycles. The van der Waals surface area contributed by atoms with Crippen LogP contribution in [0, 0.1) is 0 Å². The highest BCUT2D eigenvalue weighted by Crippen LogP contribution is 2.49. The lowest BCUT2D eigenvalue weighted by Crippen LogP contribution is -2.41. The number of aromatic hydroxyl groups is 1. The van der Waals surface area contributed by atoms with Crippen molar-refractivity contribution in [3.05, 3.63) is 17.7 Å². The summed E-state index contributed by atoms with van der Waals surface area (Å²) in [6, 6.07) is 3.55. The summed E-state index contributed by atoms with van der Waals surface area (Å²) in [7, 11) is 0. The second kappa shape index (κ2) is 3.81. The van der Waals surface area contributed by atoms with E-state index in [0.717, 1.165) is 24.2 Å². The van der Waals surface area contributed by atoms with Crippen LogP contribution in [0.5, 0.6) is 17.2 Å². The zero-order valence-corrected chi connectivity index (χ0v) is 9.74. The minimum atomic E-state index is -0.0556. The molecule has 92 valence electrons. The largest absolute Gasteiger partial charge is 0.508 e. The topological polar surface area (TPSA) is 64.7 Å². The highest BCUT2D eigenvalue weighted by molar-refractivity contribution is 5.54. The van der Waals surface area contributed by atoms with Gasteiger partial charge in [-0.15, -0.1) is 0 Å². The number of hydrogen-bond acceptors (Lipinski definition) is 4. The summed E-state index contributed by atoms with van der Waals surface area (Å²) in [6.45, 7) is 1.67. The number of fused-ring (bicyclic) bond motifs is 1. The van der Waals surface area contributed by atoms with Crippen LogP contribution in [0.25, 0.3) is 0 Å². The first kappa shape index (κ1) is 10.7. The monoisotopic (exact) mass is 235 g/mol. The summed E-state index contributed by atoms with van der Waals surface area (Å²) in [6.07, 6.45) is 3.25. The average molecular weight is 235 g/mol. The van der Waals surface area contributed by atoms with Crippen molar-refractivity contribution in [2.75, 3.05) is 19.8 Å². The molecule has 1 aromatic carbocycles.